The first-order valence-corrected chi connectivity index (χ1v) is 9.79. The van der Waals surface area contributed by atoms with Crippen molar-refractivity contribution in [2.75, 3.05) is 0 Å². The summed E-state index contributed by atoms with van der Waals surface area (Å²) in [5.74, 6) is -1.27. The van der Waals surface area contributed by atoms with Crippen molar-refractivity contribution in [1.29, 1.82) is 0 Å². The van der Waals surface area contributed by atoms with Crippen molar-refractivity contribution in [2.24, 2.45) is 0 Å². The summed E-state index contributed by atoms with van der Waals surface area (Å²) < 4.78 is 0. The highest BCUT2D eigenvalue weighted by Crippen LogP contribution is 2.29. The number of aryl methyl sites for hydroxylation is 3. The van der Waals surface area contributed by atoms with Crippen LogP contribution >= 0.6 is 11.3 Å². The van der Waals surface area contributed by atoms with E-state index in [-0.39, 0.29) is 12.3 Å². The van der Waals surface area contributed by atoms with Gasteiger partial charge < -0.3 is 10.4 Å². The van der Waals surface area contributed by atoms with Gasteiger partial charge in [-0.25, -0.2) is 4.98 Å². The maximum Gasteiger partial charge on any atom is 0.305 e. The zero-order chi connectivity index (χ0) is 20.3. The van der Waals surface area contributed by atoms with Gasteiger partial charge in [0.15, 0.2) is 0 Å². The first-order valence-electron chi connectivity index (χ1n) is 8.98. The van der Waals surface area contributed by atoms with E-state index in [9.17, 15) is 14.7 Å². The van der Waals surface area contributed by atoms with Crippen LogP contribution in [0.3, 0.4) is 0 Å². The molecule has 3 aromatic rings. The molecule has 1 aromatic heterocycles. The molecule has 28 heavy (non-hydrogen) atoms. The highest BCUT2D eigenvalue weighted by Gasteiger charge is 2.23. The number of rotatable bonds is 6. The molecule has 0 fully saturated rings. The monoisotopic (exact) mass is 394 g/mol. The minimum Gasteiger partial charge on any atom is -0.481 e. The maximum atomic E-state index is 12.9. The Morgan fingerprint density at radius 3 is 2.39 bits per heavy atom. The van der Waals surface area contributed by atoms with Crippen molar-refractivity contribution in [1.82, 2.24) is 10.3 Å². The molecule has 1 heterocycles. The zero-order valence-electron chi connectivity index (χ0n) is 16.0. The number of aliphatic carboxylic acids is 1. The molecule has 2 aromatic carbocycles. The number of amides is 1. The van der Waals surface area contributed by atoms with Crippen LogP contribution in [-0.4, -0.2) is 22.0 Å². The SMILES string of the molecule is Cc1ccc(-c2nc(C)c(C(=O)NC(CC(=O)O)c3ccccc3C)s2)cc1. The third-order valence-electron chi connectivity index (χ3n) is 4.55. The van der Waals surface area contributed by atoms with Crippen molar-refractivity contribution >= 4 is 23.2 Å². The normalized spacial score (nSPS) is 11.8. The summed E-state index contributed by atoms with van der Waals surface area (Å²) in [4.78, 5) is 29.3. The van der Waals surface area contributed by atoms with E-state index in [0.29, 0.717) is 10.6 Å². The topological polar surface area (TPSA) is 79.3 Å². The number of aromatic nitrogens is 1. The summed E-state index contributed by atoms with van der Waals surface area (Å²) in [7, 11) is 0. The number of carboxylic acid groups (broad SMARTS) is 1. The molecule has 1 unspecified atom stereocenters. The standard InChI is InChI=1S/C22H22N2O3S/c1-13-8-10-16(11-9-13)22-23-15(3)20(28-22)21(27)24-18(12-19(25)26)17-7-5-4-6-14(17)2/h4-11,18H,12H2,1-3H3,(H,24,27)(H,25,26). The maximum absolute atomic E-state index is 12.9. The molecule has 0 radical (unpaired) electrons. The fraction of sp³-hybridized carbons (Fsp3) is 0.227. The Morgan fingerprint density at radius 1 is 1.07 bits per heavy atom. The van der Waals surface area contributed by atoms with E-state index < -0.39 is 12.0 Å². The number of nitrogens with one attached hydrogen (secondary N) is 1. The van der Waals surface area contributed by atoms with Gasteiger partial charge in [0, 0.05) is 5.56 Å². The molecule has 0 bridgehead atoms. The molecular weight excluding hydrogens is 372 g/mol. The summed E-state index contributed by atoms with van der Waals surface area (Å²) in [5.41, 5.74) is 4.50. The van der Waals surface area contributed by atoms with E-state index in [2.05, 4.69) is 10.3 Å². The van der Waals surface area contributed by atoms with Crippen LogP contribution in [-0.2, 0) is 4.79 Å². The third kappa shape index (κ3) is 4.46. The number of carbonyl (C=O) groups excluding carboxylic acids is 1. The van der Waals surface area contributed by atoms with Gasteiger partial charge in [0.2, 0.25) is 0 Å². The zero-order valence-corrected chi connectivity index (χ0v) is 16.8. The van der Waals surface area contributed by atoms with Crippen LogP contribution in [0.2, 0.25) is 0 Å². The Labute approximate surface area is 168 Å². The van der Waals surface area contributed by atoms with E-state index in [1.807, 2.05) is 62.4 Å². The molecule has 5 nitrogen and oxygen atoms in total. The molecule has 6 heteroatoms. The van der Waals surface area contributed by atoms with E-state index in [0.717, 1.165) is 27.3 Å². The van der Waals surface area contributed by atoms with Gasteiger partial charge in [-0.05, 0) is 31.9 Å². The molecule has 3 rings (SSSR count). The molecular formula is C22H22N2O3S. The third-order valence-corrected chi connectivity index (χ3v) is 5.75. The summed E-state index contributed by atoms with van der Waals surface area (Å²) in [6, 6.07) is 14.9. The fourth-order valence-electron chi connectivity index (χ4n) is 3.04. The van der Waals surface area contributed by atoms with Gasteiger partial charge in [0.05, 0.1) is 18.2 Å². The van der Waals surface area contributed by atoms with Crippen LogP contribution in [0.1, 0.15) is 44.5 Å². The number of carboxylic acids is 1. The van der Waals surface area contributed by atoms with Crippen molar-refractivity contribution in [3.05, 3.63) is 75.8 Å². The molecule has 0 aliphatic heterocycles. The van der Waals surface area contributed by atoms with Gasteiger partial charge in [-0.2, -0.15) is 0 Å². The van der Waals surface area contributed by atoms with Crippen LogP contribution in [0.15, 0.2) is 48.5 Å². The van der Waals surface area contributed by atoms with E-state index in [4.69, 9.17) is 0 Å². The Hall–Kier alpha value is -2.99. The number of nitrogens with zero attached hydrogens (tertiary/aromatic N) is 1. The van der Waals surface area contributed by atoms with Gasteiger partial charge in [0.25, 0.3) is 5.91 Å². The Bertz CT molecular complexity index is 1010. The number of benzene rings is 2. The molecule has 0 saturated carbocycles. The lowest BCUT2D eigenvalue weighted by Gasteiger charge is -2.19. The van der Waals surface area contributed by atoms with Gasteiger partial charge in [-0.15, -0.1) is 11.3 Å². The first-order chi connectivity index (χ1) is 13.3. The molecule has 1 atom stereocenters. The molecule has 144 valence electrons. The second-order valence-corrected chi connectivity index (χ2v) is 7.78. The summed E-state index contributed by atoms with van der Waals surface area (Å²) in [5, 5.41) is 12.9. The van der Waals surface area contributed by atoms with Crippen LogP contribution in [0, 0.1) is 20.8 Å². The molecule has 0 saturated heterocycles. The van der Waals surface area contributed by atoms with Gasteiger partial charge in [-0.1, -0.05) is 54.1 Å². The minimum atomic E-state index is -0.963. The summed E-state index contributed by atoms with van der Waals surface area (Å²) in [6.07, 6.45) is -0.181. The number of hydrogen-bond acceptors (Lipinski definition) is 4. The molecule has 1 amide bonds. The summed E-state index contributed by atoms with van der Waals surface area (Å²) in [6.45, 7) is 5.72. The molecule has 2 N–H and O–H groups in total. The fourth-order valence-corrected chi connectivity index (χ4v) is 4.02. The quantitative estimate of drug-likeness (QED) is 0.636. The average Bonchev–Trinajstić information content (AvgIpc) is 3.03. The van der Waals surface area contributed by atoms with E-state index in [1.165, 1.54) is 11.3 Å². The second kappa shape index (κ2) is 8.35. The van der Waals surface area contributed by atoms with Crippen LogP contribution < -0.4 is 5.32 Å². The van der Waals surface area contributed by atoms with Crippen molar-refractivity contribution in [3.8, 4) is 10.6 Å². The minimum absolute atomic E-state index is 0.181. The Kier molecular flexibility index (Phi) is 5.90. The largest absolute Gasteiger partial charge is 0.481 e. The lowest BCUT2D eigenvalue weighted by atomic mass is 9.98. The molecule has 0 spiro atoms. The number of thiazole rings is 1. The average molecular weight is 394 g/mol. The van der Waals surface area contributed by atoms with Crippen LogP contribution in [0.25, 0.3) is 10.6 Å². The number of hydrogen-bond donors (Lipinski definition) is 2. The van der Waals surface area contributed by atoms with Crippen molar-refractivity contribution < 1.29 is 14.7 Å². The van der Waals surface area contributed by atoms with E-state index in [1.54, 1.807) is 6.92 Å². The highest BCUT2D eigenvalue weighted by molar-refractivity contribution is 7.17. The van der Waals surface area contributed by atoms with Gasteiger partial charge >= 0.3 is 5.97 Å². The Morgan fingerprint density at radius 2 is 1.75 bits per heavy atom. The predicted molar refractivity (Wildman–Crippen MR) is 111 cm³/mol. The Balaban J connectivity index is 1.87. The van der Waals surface area contributed by atoms with Crippen molar-refractivity contribution in [2.45, 2.75) is 33.2 Å². The summed E-state index contributed by atoms with van der Waals surface area (Å²) >= 11 is 1.32. The predicted octanol–water partition coefficient (Wildman–Crippen LogP) is 4.68. The van der Waals surface area contributed by atoms with Crippen LogP contribution in [0.4, 0.5) is 0 Å². The van der Waals surface area contributed by atoms with Crippen LogP contribution in [0.5, 0.6) is 0 Å². The smallest absolute Gasteiger partial charge is 0.305 e. The molecule has 0 aliphatic rings. The van der Waals surface area contributed by atoms with Gasteiger partial charge in [-0.3, -0.25) is 9.59 Å². The van der Waals surface area contributed by atoms with E-state index >= 15 is 0 Å². The number of carbonyl (C=O) groups is 2. The lowest BCUT2D eigenvalue weighted by molar-refractivity contribution is -0.137. The lowest BCUT2D eigenvalue weighted by Crippen LogP contribution is -2.30. The highest BCUT2D eigenvalue weighted by atomic mass is 32.1. The van der Waals surface area contributed by atoms with Crippen molar-refractivity contribution in [3.63, 3.8) is 0 Å². The molecule has 0 aliphatic carbocycles. The first kappa shape index (κ1) is 19.8. The van der Waals surface area contributed by atoms with Gasteiger partial charge in [0.1, 0.15) is 9.88 Å². The second-order valence-electron chi connectivity index (χ2n) is 6.78.